The molecule has 0 unspecified atom stereocenters. The van der Waals surface area contributed by atoms with Crippen LogP contribution < -0.4 is 9.04 Å². The number of aryl methyl sites for hydroxylation is 3. The molecule has 0 aliphatic rings. The van der Waals surface area contributed by atoms with Crippen molar-refractivity contribution in [2.45, 2.75) is 57.8 Å². The lowest BCUT2D eigenvalue weighted by atomic mass is 10.1. The Balaban J connectivity index is 1.87. The summed E-state index contributed by atoms with van der Waals surface area (Å²) in [5.41, 5.74) is 3.53. The maximum atomic E-state index is 13.5. The maximum Gasteiger partial charge on any atom is 0.278 e. The molecular formula is C28H33NO4S. The smallest absolute Gasteiger partial charge is 0.278 e. The van der Waals surface area contributed by atoms with E-state index in [1.165, 1.54) is 17.7 Å². The summed E-state index contributed by atoms with van der Waals surface area (Å²) < 4.78 is 33.6. The summed E-state index contributed by atoms with van der Waals surface area (Å²) in [6.07, 6.45) is 5.05. The van der Waals surface area contributed by atoms with Crippen LogP contribution in [-0.4, -0.2) is 20.9 Å². The third-order valence-electron chi connectivity index (χ3n) is 5.60. The average Bonchev–Trinajstić information content (AvgIpc) is 2.83. The number of sulfonamides is 1. The first-order valence-corrected chi connectivity index (χ1v) is 13.2. The predicted octanol–water partition coefficient (Wildman–Crippen LogP) is 6.09. The maximum absolute atomic E-state index is 13.5. The van der Waals surface area contributed by atoms with Gasteiger partial charge in [0.1, 0.15) is 5.75 Å². The first-order chi connectivity index (χ1) is 16.3. The number of anilines is 1. The van der Waals surface area contributed by atoms with Gasteiger partial charge in [-0.3, -0.25) is 4.79 Å². The van der Waals surface area contributed by atoms with E-state index in [4.69, 9.17) is 4.74 Å². The highest BCUT2D eigenvalue weighted by Gasteiger charge is 2.31. The van der Waals surface area contributed by atoms with Crippen LogP contribution in [0.3, 0.4) is 0 Å². The molecule has 0 aliphatic heterocycles. The molecule has 0 saturated heterocycles. The number of unbranched alkanes of at least 4 members (excludes halogenated alkanes) is 1. The standard InChI is InChI=1S/C28H33NO4S/c1-4-6-8-24-11-15-25(16-12-24)29(34(31,32)27-19-9-22(3)10-20-27)28(30)21-33-26-17-13-23(7-5-2)14-18-26/h9-20H,4-8,21H2,1-3H3. The van der Waals surface area contributed by atoms with E-state index in [2.05, 4.69) is 13.8 Å². The third kappa shape index (κ3) is 6.48. The second-order valence-electron chi connectivity index (χ2n) is 8.43. The fourth-order valence-electron chi connectivity index (χ4n) is 3.66. The van der Waals surface area contributed by atoms with Gasteiger partial charge < -0.3 is 4.74 Å². The molecule has 3 aromatic rings. The Hall–Kier alpha value is -3.12. The van der Waals surface area contributed by atoms with Gasteiger partial charge in [-0.25, -0.2) is 8.42 Å². The van der Waals surface area contributed by atoms with E-state index in [-0.39, 0.29) is 4.90 Å². The van der Waals surface area contributed by atoms with Crippen LogP contribution in [0.5, 0.6) is 5.75 Å². The number of benzene rings is 3. The number of carbonyl (C=O) groups excluding carboxylic acids is 1. The Morgan fingerprint density at radius 2 is 1.38 bits per heavy atom. The van der Waals surface area contributed by atoms with E-state index in [0.717, 1.165) is 47.5 Å². The number of carbonyl (C=O) groups is 1. The number of nitrogens with zero attached hydrogens (tertiary/aromatic N) is 1. The molecule has 180 valence electrons. The van der Waals surface area contributed by atoms with Gasteiger partial charge in [-0.15, -0.1) is 0 Å². The van der Waals surface area contributed by atoms with Gasteiger partial charge in [-0.1, -0.05) is 68.7 Å². The van der Waals surface area contributed by atoms with E-state index in [9.17, 15) is 13.2 Å². The van der Waals surface area contributed by atoms with E-state index < -0.39 is 22.5 Å². The lowest BCUT2D eigenvalue weighted by Gasteiger charge is -2.23. The van der Waals surface area contributed by atoms with E-state index in [1.807, 2.05) is 31.2 Å². The molecule has 0 fully saturated rings. The van der Waals surface area contributed by atoms with Crippen molar-refractivity contribution in [1.82, 2.24) is 0 Å². The molecule has 0 N–H and O–H groups in total. The van der Waals surface area contributed by atoms with Crippen LogP contribution in [0.1, 0.15) is 49.8 Å². The highest BCUT2D eigenvalue weighted by molar-refractivity contribution is 7.93. The quantitative estimate of drug-likeness (QED) is 0.334. The molecule has 0 aromatic heterocycles. The number of hydrogen-bond acceptors (Lipinski definition) is 4. The van der Waals surface area contributed by atoms with Crippen LogP contribution >= 0.6 is 0 Å². The minimum atomic E-state index is -4.11. The van der Waals surface area contributed by atoms with Gasteiger partial charge in [0.25, 0.3) is 15.9 Å². The van der Waals surface area contributed by atoms with Crippen LogP contribution in [0.2, 0.25) is 0 Å². The molecule has 0 heterocycles. The summed E-state index contributed by atoms with van der Waals surface area (Å²) in [5, 5.41) is 0. The Morgan fingerprint density at radius 3 is 1.97 bits per heavy atom. The van der Waals surface area contributed by atoms with Crippen LogP contribution in [-0.2, 0) is 27.7 Å². The zero-order valence-corrected chi connectivity index (χ0v) is 21.0. The zero-order chi connectivity index (χ0) is 24.6. The zero-order valence-electron chi connectivity index (χ0n) is 20.2. The Bertz CT molecular complexity index is 1170. The average molecular weight is 480 g/mol. The molecule has 0 radical (unpaired) electrons. The lowest BCUT2D eigenvalue weighted by molar-refractivity contribution is -0.119. The molecule has 6 heteroatoms. The van der Waals surface area contributed by atoms with Crippen molar-refractivity contribution in [1.29, 1.82) is 0 Å². The van der Waals surface area contributed by atoms with Gasteiger partial charge in [0.15, 0.2) is 6.61 Å². The van der Waals surface area contributed by atoms with Gasteiger partial charge in [0.05, 0.1) is 10.6 Å². The van der Waals surface area contributed by atoms with Crippen molar-refractivity contribution < 1.29 is 17.9 Å². The van der Waals surface area contributed by atoms with E-state index in [1.54, 1.807) is 36.4 Å². The van der Waals surface area contributed by atoms with Crippen molar-refractivity contribution in [3.63, 3.8) is 0 Å². The van der Waals surface area contributed by atoms with Crippen molar-refractivity contribution in [2.75, 3.05) is 10.9 Å². The summed E-state index contributed by atoms with van der Waals surface area (Å²) in [6, 6.07) is 21.1. The van der Waals surface area contributed by atoms with Crippen LogP contribution in [0.25, 0.3) is 0 Å². The Morgan fingerprint density at radius 1 is 0.794 bits per heavy atom. The molecule has 0 saturated carbocycles. The normalized spacial score (nSPS) is 11.3. The number of hydrogen-bond donors (Lipinski definition) is 0. The second kappa shape index (κ2) is 11.8. The molecule has 1 amide bonds. The van der Waals surface area contributed by atoms with Gasteiger partial charge in [0.2, 0.25) is 0 Å². The van der Waals surface area contributed by atoms with Crippen molar-refractivity contribution in [2.24, 2.45) is 0 Å². The summed E-state index contributed by atoms with van der Waals surface area (Å²) in [6.45, 7) is 5.73. The minimum Gasteiger partial charge on any atom is -0.484 e. The second-order valence-corrected chi connectivity index (χ2v) is 10.2. The van der Waals surface area contributed by atoms with Crippen molar-refractivity contribution >= 4 is 21.6 Å². The van der Waals surface area contributed by atoms with Crippen molar-refractivity contribution in [3.05, 3.63) is 89.5 Å². The topological polar surface area (TPSA) is 63.7 Å². The first-order valence-electron chi connectivity index (χ1n) is 11.8. The SMILES string of the molecule is CCCCc1ccc(N(C(=O)COc2ccc(CCC)cc2)S(=O)(=O)c2ccc(C)cc2)cc1. The molecule has 3 rings (SSSR count). The minimum absolute atomic E-state index is 0.0606. The summed E-state index contributed by atoms with van der Waals surface area (Å²) in [5.74, 6) is -0.129. The molecule has 3 aromatic carbocycles. The molecule has 0 spiro atoms. The number of rotatable bonds is 11. The highest BCUT2D eigenvalue weighted by Crippen LogP contribution is 2.26. The van der Waals surface area contributed by atoms with Gasteiger partial charge in [0, 0.05) is 0 Å². The van der Waals surface area contributed by atoms with Gasteiger partial charge in [-0.05, 0) is 73.7 Å². The van der Waals surface area contributed by atoms with E-state index in [0.29, 0.717) is 11.4 Å². The highest BCUT2D eigenvalue weighted by atomic mass is 32.2. The predicted molar refractivity (Wildman–Crippen MR) is 137 cm³/mol. The van der Waals surface area contributed by atoms with Gasteiger partial charge >= 0.3 is 0 Å². The fourth-order valence-corrected chi connectivity index (χ4v) is 5.07. The molecule has 34 heavy (non-hydrogen) atoms. The molecule has 0 atom stereocenters. The summed E-state index contributed by atoms with van der Waals surface area (Å²) in [4.78, 5) is 13.3. The monoisotopic (exact) mass is 479 g/mol. The van der Waals surface area contributed by atoms with Crippen LogP contribution in [0.4, 0.5) is 5.69 Å². The molecule has 5 nitrogen and oxygen atoms in total. The Labute approximate surface area is 203 Å². The van der Waals surface area contributed by atoms with Gasteiger partial charge in [-0.2, -0.15) is 4.31 Å². The summed E-state index contributed by atoms with van der Waals surface area (Å²) >= 11 is 0. The number of ether oxygens (including phenoxy) is 1. The molecule has 0 bridgehead atoms. The lowest BCUT2D eigenvalue weighted by Crippen LogP contribution is -2.40. The third-order valence-corrected chi connectivity index (χ3v) is 7.36. The van der Waals surface area contributed by atoms with Crippen LogP contribution in [0, 0.1) is 6.92 Å². The molecular weight excluding hydrogens is 446 g/mol. The van der Waals surface area contributed by atoms with Crippen LogP contribution in [0.15, 0.2) is 77.7 Å². The summed E-state index contributed by atoms with van der Waals surface area (Å²) in [7, 11) is -4.11. The molecule has 0 aliphatic carbocycles. The fraction of sp³-hybridized carbons (Fsp3) is 0.321. The first kappa shape index (κ1) is 25.5. The van der Waals surface area contributed by atoms with E-state index >= 15 is 0 Å². The van der Waals surface area contributed by atoms with Crippen molar-refractivity contribution in [3.8, 4) is 5.75 Å². The number of amides is 1. The largest absolute Gasteiger partial charge is 0.484 e. The Kier molecular flexibility index (Phi) is 8.88.